The highest BCUT2D eigenvalue weighted by atomic mass is 32.1. The van der Waals surface area contributed by atoms with Crippen LogP contribution in [0.15, 0.2) is 28.8 Å². The third-order valence-electron chi connectivity index (χ3n) is 2.53. The Bertz CT molecular complexity index is 447. The van der Waals surface area contributed by atoms with E-state index in [0.29, 0.717) is 6.42 Å². The van der Waals surface area contributed by atoms with E-state index in [1.165, 1.54) is 11.4 Å². The Morgan fingerprint density at radius 3 is 3.12 bits per heavy atom. The first kappa shape index (κ1) is 10.9. The van der Waals surface area contributed by atoms with E-state index in [4.69, 9.17) is 4.84 Å². The Hall–Kier alpha value is -1.65. The van der Waals surface area contributed by atoms with Gasteiger partial charge in [-0.15, -0.1) is 0 Å². The van der Waals surface area contributed by atoms with Crippen LogP contribution in [0, 0.1) is 0 Å². The highest BCUT2D eigenvalue weighted by Gasteiger charge is 2.36. The quantitative estimate of drug-likeness (QED) is 0.550. The number of carbonyl (C=O) groups is 1. The number of ketones is 1. The van der Waals surface area contributed by atoms with E-state index in [2.05, 4.69) is 27.8 Å². The molecule has 0 saturated carbocycles. The predicted octanol–water partition coefficient (Wildman–Crippen LogP) is 1.32. The van der Waals surface area contributed by atoms with Crippen molar-refractivity contribution < 1.29 is 9.63 Å². The number of carbonyl (C=O) groups excluding carboxylic acids is 1. The fourth-order valence-corrected chi connectivity index (χ4v) is 1.64. The summed E-state index contributed by atoms with van der Waals surface area (Å²) in [5, 5.41) is 10.1. The van der Waals surface area contributed by atoms with Gasteiger partial charge in [0.15, 0.2) is 5.78 Å². The standard InChI is InChI=1S/C10H11N3O2S/c1-10(2)9(14)3-7-4-13(11-6-16)15-5-8(7)12-10/h4-5,12H,3H2,1-2H3. The fraction of sp³-hybridized carbons (Fsp3) is 0.400. The summed E-state index contributed by atoms with van der Waals surface area (Å²) in [6.07, 6.45) is 3.49. The lowest BCUT2D eigenvalue weighted by Gasteiger charge is -2.35. The van der Waals surface area contributed by atoms with Crippen molar-refractivity contribution in [3.05, 3.63) is 23.7 Å². The number of hydrazone groups is 1. The van der Waals surface area contributed by atoms with Crippen LogP contribution in [0.3, 0.4) is 0 Å². The number of hydrogen-bond acceptors (Lipinski definition) is 6. The lowest BCUT2D eigenvalue weighted by atomic mass is 9.87. The predicted molar refractivity (Wildman–Crippen MR) is 61.0 cm³/mol. The number of hydroxylamine groups is 1. The zero-order valence-corrected chi connectivity index (χ0v) is 9.80. The summed E-state index contributed by atoms with van der Waals surface area (Å²) in [6.45, 7) is 3.68. The minimum atomic E-state index is -0.553. The molecule has 2 aliphatic rings. The lowest BCUT2D eigenvalue weighted by Crippen LogP contribution is -2.51. The van der Waals surface area contributed by atoms with Crippen LogP contribution in [0.1, 0.15) is 20.3 Å². The maximum Gasteiger partial charge on any atom is 0.162 e. The van der Waals surface area contributed by atoms with Gasteiger partial charge in [0.05, 0.1) is 22.6 Å². The van der Waals surface area contributed by atoms with E-state index in [-0.39, 0.29) is 5.78 Å². The number of thiocarbonyl (C=S) groups is 1. The molecule has 2 rings (SSSR count). The number of hydrogen-bond donors (Lipinski definition) is 1. The van der Waals surface area contributed by atoms with Crippen molar-refractivity contribution in [2.24, 2.45) is 5.10 Å². The SMILES string of the molecule is CC1(C)NC2=CON(N=C=S)C=C2CC1=O. The minimum absolute atomic E-state index is 0.129. The van der Waals surface area contributed by atoms with Crippen molar-refractivity contribution in [2.45, 2.75) is 25.8 Å². The number of nitrogens with zero attached hydrogens (tertiary/aromatic N) is 2. The van der Waals surface area contributed by atoms with E-state index in [0.717, 1.165) is 11.3 Å². The van der Waals surface area contributed by atoms with Gasteiger partial charge in [0.25, 0.3) is 0 Å². The molecule has 0 bridgehead atoms. The molecule has 0 aromatic rings. The number of fused-ring (bicyclic) bond motifs is 1. The van der Waals surface area contributed by atoms with E-state index in [9.17, 15) is 4.79 Å². The van der Waals surface area contributed by atoms with Crippen LogP contribution in [-0.4, -0.2) is 21.7 Å². The van der Waals surface area contributed by atoms with Crippen LogP contribution in [0.25, 0.3) is 0 Å². The molecule has 1 saturated heterocycles. The van der Waals surface area contributed by atoms with Gasteiger partial charge in [-0.1, -0.05) is 10.3 Å². The second-order valence-electron chi connectivity index (χ2n) is 4.14. The molecule has 5 nitrogen and oxygen atoms in total. The molecule has 16 heavy (non-hydrogen) atoms. The molecule has 0 radical (unpaired) electrons. The van der Waals surface area contributed by atoms with Gasteiger partial charge in [0.1, 0.15) is 6.26 Å². The van der Waals surface area contributed by atoms with Gasteiger partial charge < -0.3 is 10.2 Å². The summed E-state index contributed by atoms with van der Waals surface area (Å²) in [6, 6.07) is 0. The molecule has 0 aromatic heterocycles. The second-order valence-corrected chi connectivity index (χ2v) is 4.32. The maximum atomic E-state index is 11.8. The van der Waals surface area contributed by atoms with Crippen molar-refractivity contribution in [2.75, 3.05) is 0 Å². The number of nitrogens with one attached hydrogen (secondary N) is 1. The Labute approximate surface area is 98.4 Å². The smallest absolute Gasteiger partial charge is 0.162 e. The molecular formula is C10H11N3O2S. The normalized spacial score (nSPS) is 21.9. The molecule has 0 unspecified atom stereocenters. The van der Waals surface area contributed by atoms with Crippen LogP contribution >= 0.6 is 12.2 Å². The molecule has 6 heteroatoms. The first-order valence-corrected chi connectivity index (χ1v) is 5.20. The molecule has 84 valence electrons. The molecular weight excluding hydrogens is 226 g/mol. The molecule has 0 aliphatic carbocycles. The van der Waals surface area contributed by atoms with Crippen molar-refractivity contribution in [3.8, 4) is 0 Å². The molecule has 0 spiro atoms. The number of rotatable bonds is 1. The third kappa shape index (κ3) is 1.85. The molecule has 2 heterocycles. The highest BCUT2D eigenvalue weighted by molar-refractivity contribution is 7.78. The van der Waals surface area contributed by atoms with Crippen molar-refractivity contribution >= 4 is 23.2 Å². The first-order valence-electron chi connectivity index (χ1n) is 4.79. The zero-order chi connectivity index (χ0) is 11.8. The Morgan fingerprint density at radius 2 is 2.44 bits per heavy atom. The van der Waals surface area contributed by atoms with E-state index in [1.807, 2.05) is 13.8 Å². The van der Waals surface area contributed by atoms with Crippen LogP contribution in [0.2, 0.25) is 0 Å². The number of isothiocyanates is 1. The van der Waals surface area contributed by atoms with Crippen molar-refractivity contribution in [3.63, 3.8) is 0 Å². The Morgan fingerprint density at radius 1 is 1.69 bits per heavy atom. The highest BCUT2D eigenvalue weighted by Crippen LogP contribution is 2.28. The lowest BCUT2D eigenvalue weighted by molar-refractivity contribution is -0.124. The largest absolute Gasteiger partial charge is 0.370 e. The monoisotopic (exact) mass is 237 g/mol. The van der Waals surface area contributed by atoms with Gasteiger partial charge in [-0.05, 0) is 26.1 Å². The summed E-state index contributed by atoms with van der Waals surface area (Å²) in [7, 11) is 0. The van der Waals surface area contributed by atoms with Gasteiger partial charge in [-0.3, -0.25) is 4.79 Å². The summed E-state index contributed by atoms with van der Waals surface area (Å²) in [4.78, 5) is 16.9. The molecule has 1 fully saturated rings. The average Bonchev–Trinajstić information content (AvgIpc) is 2.20. The van der Waals surface area contributed by atoms with Crippen LogP contribution < -0.4 is 5.32 Å². The van der Waals surface area contributed by atoms with Crippen LogP contribution in [-0.2, 0) is 9.63 Å². The first-order chi connectivity index (χ1) is 7.53. The summed E-state index contributed by atoms with van der Waals surface area (Å²) < 4.78 is 0. The van der Waals surface area contributed by atoms with Gasteiger partial charge in [-0.25, -0.2) is 0 Å². The van der Waals surface area contributed by atoms with Gasteiger partial charge >= 0.3 is 0 Å². The zero-order valence-electron chi connectivity index (χ0n) is 8.98. The maximum absolute atomic E-state index is 11.8. The molecule has 2 aliphatic heterocycles. The van der Waals surface area contributed by atoms with Crippen molar-refractivity contribution in [1.29, 1.82) is 0 Å². The van der Waals surface area contributed by atoms with Gasteiger partial charge in [0.2, 0.25) is 0 Å². The summed E-state index contributed by atoms with van der Waals surface area (Å²) in [5.41, 5.74) is 1.09. The van der Waals surface area contributed by atoms with Gasteiger partial charge in [0, 0.05) is 12.0 Å². The minimum Gasteiger partial charge on any atom is -0.370 e. The molecule has 1 N–H and O–H groups in total. The van der Waals surface area contributed by atoms with Crippen LogP contribution in [0.4, 0.5) is 0 Å². The molecule has 0 amide bonds. The van der Waals surface area contributed by atoms with E-state index < -0.39 is 5.54 Å². The summed E-state index contributed by atoms with van der Waals surface area (Å²) >= 11 is 4.47. The molecule has 0 aromatic carbocycles. The second kappa shape index (κ2) is 3.73. The average molecular weight is 237 g/mol. The van der Waals surface area contributed by atoms with E-state index in [1.54, 1.807) is 6.20 Å². The molecule has 0 atom stereocenters. The summed E-state index contributed by atoms with van der Waals surface area (Å²) in [5.74, 6) is 0.129. The third-order valence-corrected chi connectivity index (χ3v) is 2.61. The number of Topliss-reactive ketones (excluding diaryl/α,β-unsaturated/α-hetero) is 1. The van der Waals surface area contributed by atoms with Gasteiger partial charge in [-0.2, -0.15) is 0 Å². The van der Waals surface area contributed by atoms with Crippen molar-refractivity contribution in [1.82, 2.24) is 10.5 Å². The number of piperidine rings is 1. The van der Waals surface area contributed by atoms with E-state index >= 15 is 0 Å². The fourth-order valence-electron chi connectivity index (χ4n) is 1.56. The topological polar surface area (TPSA) is 53.9 Å². The Kier molecular flexibility index (Phi) is 2.53. The number of allylic oxidation sites excluding steroid dienone is 1. The Balaban J connectivity index is 2.26. The van der Waals surface area contributed by atoms with Crippen LogP contribution in [0.5, 0.6) is 0 Å².